The third kappa shape index (κ3) is 2.51. The number of rotatable bonds is 2. The third-order valence-corrected chi connectivity index (χ3v) is 6.35. The van der Waals surface area contributed by atoms with Gasteiger partial charge in [0, 0.05) is 30.8 Å². The molecule has 2 aromatic rings. The molecule has 6 heteroatoms. The number of esters is 1. The number of carbonyl (C=O) groups excluding carboxylic acids is 2. The van der Waals surface area contributed by atoms with Crippen molar-refractivity contribution in [1.82, 2.24) is 9.63 Å². The van der Waals surface area contributed by atoms with Crippen molar-refractivity contribution >= 4 is 22.7 Å². The minimum atomic E-state index is -0.798. The first-order valence-corrected chi connectivity index (χ1v) is 9.59. The highest BCUT2D eigenvalue weighted by atomic mass is 16.6. The van der Waals surface area contributed by atoms with Crippen molar-refractivity contribution in [3.8, 4) is 0 Å². The molecule has 1 saturated heterocycles. The molecule has 1 aromatic heterocycles. The van der Waals surface area contributed by atoms with Crippen LogP contribution in [0.4, 0.5) is 0 Å². The van der Waals surface area contributed by atoms with E-state index in [1.807, 2.05) is 44.3 Å². The third-order valence-electron chi connectivity index (χ3n) is 6.35. The summed E-state index contributed by atoms with van der Waals surface area (Å²) >= 11 is 0. The predicted octanol–water partition coefficient (Wildman–Crippen LogP) is 2.50. The summed E-state index contributed by atoms with van der Waals surface area (Å²) in [6.07, 6.45) is 2.77. The maximum atomic E-state index is 13.4. The number of nitrogens with zero attached hydrogens (tertiary/aromatic N) is 2. The van der Waals surface area contributed by atoms with Gasteiger partial charge in [-0.15, -0.1) is 0 Å². The van der Waals surface area contributed by atoms with E-state index in [4.69, 9.17) is 9.57 Å². The first-order valence-electron chi connectivity index (χ1n) is 9.59. The molecule has 0 amide bonds. The van der Waals surface area contributed by atoms with Gasteiger partial charge in [-0.05, 0) is 32.0 Å². The zero-order chi connectivity index (χ0) is 20.1. The number of allylic oxidation sites excluding steroid dienone is 1. The molecule has 2 unspecified atom stereocenters. The summed E-state index contributed by atoms with van der Waals surface area (Å²) in [6.45, 7) is 3.28. The van der Waals surface area contributed by atoms with Gasteiger partial charge in [0.1, 0.15) is 12.8 Å². The molecule has 1 aromatic carbocycles. The maximum Gasteiger partial charge on any atom is 0.314 e. The van der Waals surface area contributed by atoms with E-state index in [9.17, 15) is 9.59 Å². The van der Waals surface area contributed by atoms with E-state index < -0.39 is 5.41 Å². The average molecular weight is 382 g/mol. The first kappa shape index (κ1) is 18.7. The number of hydrogen-bond donors (Lipinski definition) is 0. The van der Waals surface area contributed by atoms with Crippen LogP contribution in [0.1, 0.15) is 29.4 Å². The van der Waals surface area contributed by atoms with Gasteiger partial charge in [-0.25, -0.2) is 0 Å². The number of likely N-dealkylation sites (tertiary alicyclic amines) is 1. The van der Waals surface area contributed by atoms with Crippen LogP contribution in [0, 0.1) is 11.3 Å². The number of ketones is 1. The van der Waals surface area contributed by atoms with Gasteiger partial charge >= 0.3 is 5.97 Å². The summed E-state index contributed by atoms with van der Waals surface area (Å²) in [7, 11) is 5.01. The van der Waals surface area contributed by atoms with Crippen molar-refractivity contribution in [2.24, 2.45) is 11.3 Å². The lowest BCUT2D eigenvalue weighted by molar-refractivity contribution is -0.158. The van der Waals surface area contributed by atoms with Gasteiger partial charge in [-0.2, -0.15) is 4.73 Å². The zero-order valence-corrected chi connectivity index (χ0v) is 16.8. The van der Waals surface area contributed by atoms with Crippen LogP contribution in [0.15, 0.2) is 35.9 Å². The second-order valence-corrected chi connectivity index (χ2v) is 7.86. The number of ether oxygens (including phenoxy) is 1. The molecule has 2 atom stereocenters. The van der Waals surface area contributed by atoms with E-state index in [-0.39, 0.29) is 24.1 Å². The summed E-state index contributed by atoms with van der Waals surface area (Å²) < 4.78 is 6.92. The van der Waals surface area contributed by atoms with Crippen molar-refractivity contribution in [3.05, 3.63) is 47.2 Å². The Morgan fingerprint density at radius 1 is 1.29 bits per heavy atom. The van der Waals surface area contributed by atoms with Crippen LogP contribution in [-0.2, 0) is 16.0 Å². The summed E-state index contributed by atoms with van der Waals surface area (Å²) in [6, 6.07) is 7.80. The number of benzene rings is 1. The molecular formula is C22H26N2O4. The van der Waals surface area contributed by atoms with Crippen molar-refractivity contribution in [1.29, 1.82) is 0 Å². The van der Waals surface area contributed by atoms with Gasteiger partial charge in [-0.3, -0.25) is 9.59 Å². The molecule has 148 valence electrons. The second-order valence-electron chi connectivity index (χ2n) is 7.86. The maximum absolute atomic E-state index is 13.4. The molecule has 0 bridgehead atoms. The Balaban J connectivity index is 2.01. The minimum absolute atomic E-state index is 0.00716. The Hall–Kier alpha value is -2.60. The van der Waals surface area contributed by atoms with Crippen molar-refractivity contribution in [2.45, 2.75) is 19.8 Å². The van der Waals surface area contributed by atoms with Gasteiger partial charge < -0.3 is 14.5 Å². The molecule has 1 fully saturated rings. The number of fused-ring (bicyclic) bond motifs is 4. The number of methoxy groups -OCH3 is 1. The predicted molar refractivity (Wildman–Crippen MR) is 106 cm³/mol. The zero-order valence-electron chi connectivity index (χ0n) is 16.8. The van der Waals surface area contributed by atoms with Crippen LogP contribution in [0.5, 0.6) is 0 Å². The van der Waals surface area contributed by atoms with Crippen molar-refractivity contribution in [3.63, 3.8) is 0 Å². The van der Waals surface area contributed by atoms with Gasteiger partial charge in [0.25, 0.3) is 0 Å². The topological polar surface area (TPSA) is 60.8 Å². The molecule has 2 heterocycles. The summed E-state index contributed by atoms with van der Waals surface area (Å²) in [5.74, 6) is -0.420. The Bertz CT molecular complexity index is 990. The van der Waals surface area contributed by atoms with E-state index in [2.05, 4.69) is 4.90 Å². The quantitative estimate of drug-likeness (QED) is 0.590. The Morgan fingerprint density at radius 3 is 2.71 bits per heavy atom. The van der Waals surface area contributed by atoms with Crippen LogP contribution in [-0.4, -0.2) is 55.7 Å². The van der Waals surface area contributed by atoms with Gasteiger partial charge in [0.15, 0.2) is 5.78 Å². The number of aromatic nitrogens is 1. The van der Waals surface area contributed by atoms with E-state index in [1.165, 1.54) is 7.11 Å². The largest absolute Gasteiger partial charge is 0.469 e. The summed E-state index contributed by atoms with van der Waals surface area (Å²) in [5, 5.41) is 0.951. The lowest BCUT2D eigenvalue weighted by atomic mass is 9.65. The van der Waals surface area contributed by atoms with Gasteiger partial charge in [0.2, 0.25) is 0 Å². The standard InChI is InChI=1S/C22H26N2O4/c1-5-14-12-23(2)13-22(21(26)27-3)11-16-15-8-6-7-9-18(15)24(28-4)20(16)19(25)10-17(14)22/h5-9,17H,10-13H2,1-4H3. The molecule has 4 rings (SSSR count). The number of piperidine rings is 1. The number of Topliss-reactive ketones (excluding diaryl/α,β-unsaturated/α-hetero) is 1. The molecular weight excluding hydrogens is 356 g/mol. The second kappa shape index (κ2) is 6.78. The molecule has 0 N–H and O–H groups in total. The molecule has 2 aliphatic rings. The molecule has 0 spiro atoms. The highest BCUT2D eigenvalue weighted by molar-refractivity contribution is 6.04. The van der Waals surface area contributed by atoms with Gasteiger partial charge in [0.05, 0.1) is 18.0 Å². The fraction of sp³-hybridized carbons (Fsp3) is 0.455. The van der Waals surface area contributed by atoms with Crippen LogP contribution in [0.2, 0.25) is 0 Å². The smallest absolute Gasteiger partial charge is 0.314 e. The van der Waals surface area contributed by atoms with Crippen LogP contribution in [0.25, 0.3) is 10.9 Å². The highest BCUT2D eigenvalue weighted by Gasteiger charge is 2.54. The number of likely N-dealkylation sites (N-methyl/N-ethyl adjacent to an activating group) is 1. The summed E-state index contributed by atoms with van der Waals surface area (Å²) in [4.78, 5) is 34.3. The number of carbonyl (C=O) groups is 2. The van der Waals surface area contributed by atoms with Crippen LogP contribution < -0.4 is 4.84 Å². The highest BCUT2D eigenvalue weighted by Crippen LogP contribution is 2.48. The molecule has 6 nitrogen and oxygen atoms in total. The SMILES string of the molecule is CC=C1CN(C)CC2(C(=O)OC)Cc3c(n(OC)c4ccccc34)C(=O)CC12. The first-order chi connectivity index (χ1) is 13.5. The molecule has 28 heavy (non-hydrogen) atoms. The van der Waals surface area contributed by atoms with Crippen molar-refractivity contribution in [2.75, 3.05) is 34.4 Å². The van der Waals surface area contributed by atoms with Crippen LogP contribution in [0.3, 0.4) is 0 Å². The average Bonchev–Trinajstić information content (AvgIpc) is 2.94. The fourth-order valence-corrected chi connectivity index (χ4v) is 5.23. The Morgan fingerprint density at radius 2 is 2.04 bits per heavy atom. The molecule has 1 aliphatic carbocycles. The van der Waals surface area contributed by atoms with E-state index >= 15 is 0 Å². The Labute approximate surface area is 164 Å². The van der Waals surface area contributed by atoms with Gasteiger partial charge in [-0.1, -0.05) is 29.8 Å². The lowest BCUT2D eigenvalue weighted by Gasteiger charge is -2.46. The summed E-state index contributed by atoms with van der Waals surface area (Å²) in [5.41, 5.74) is 2.59. The van der Waals surface area contributed by atoms with Crippen LogP contribution >= 0.6 is 0 Å². The van der Waals surface area contributed by atoms with Crippen molar-refractivity contribution < 1.29 is 19.2 Å². The fourth-order valence-electron chi connectivity index (χ4n) is 5.23. The monoisotopic (exact) mass is 382 g/mol. The number of hydrogen-bond acceptors (Lipinski definition) is 5. The van der Waals surface area contributed by atoms with E-state index in [0.29, 0.717) is 18.7 Å². The van der Waals surface area contributed by atoms with E-state index in [0.717, 1.165) is 28.6 Å². The minimum Gasteiger partial charge on any atom is -0.469 e. The molecule has 1 aliphatic heterocycles. The number of para-hydroxylation sites is 1. The normalized spacial score (nSPS) is 26.6. The lowest BCUT2D eigenvalue weighted by Crippen LogP contribution is -2.54. The molecule has 0 saturated carbocycles. The van der Waals surface area contributed by atoms with E-state index in [1.54, 1.807) is 11.8 Å². The molecule has 0 radical (unpaired) electrons. The Kier molecular flexibility index (Phi) is 4.54.